The van der Waals surface area contributed by atoms with Gasteiger partial charge in [-0.05, 0) is 349 Å². The molecule has 0 amide bonds. The molecule has 0 spiro atoms. The quantitative estimate of drug-likeness (QED) is 0.0259. The highest BCUT2D eigenvalue weighted by atomic mass is 16.7. The van der Waals surface area contributed by atoms with Gasteiger partial charge in [0.15, 0.2) is 18.9 Å². The van der Waals surface area contributed by atoms with Crippen LogP contribution >= 0.6 is 0 Å². The lowest BCUT2D eigenvalue weighted by atomic mass is 9.85. The summed E-state index contributed by atoms with van der Waals surface area (Å²) in [7, 11) is 0. The van der Waals surface area contributed by atoms with Gasteiger partial charge in [-0.1, -0.05) is 417 Å². The van der Waals surface area contributed by atoms with E-state index in [4.69, 9.17) is 43.7 Å². The van der Waals surface area contributed by atoms with E-state index in [9.17, 15) is 0 Å². The molecule has 0 saturated heterocycles. The lowest BCUT2D eigenvalue weighted by molar-refractivity contribution is -0.0759. The maximum absolute atomic E-state index is 9.01. The van der Waals surface area contributed by atoms with E-state index in [0.717, 1.165) is 87.0 Å². The highest BCUT2D eigenvalue weighted by Gasteiger charge is 2.19. The van der Waals surface area contributed by atoms with Crippen molar-refractivity contribution in [3.05, 3.63) is 392 Å². The smallest absolute Gasteiger partial charge is 0.197 e. The minimum absolute atomic E-state index is 0.222. The van der Waals surface area contributed by atoms with E-state index in [2.05, 4.69) is 383 Å². The van der Waals surface area contributed by atoms with Crippen molar-refractivity contribution in [3.8, 4) is 34.5 Å². The molecule has 12 atom stereocenters. The van der Waals surface area contributed by atoms with E-state index < -0.39 is 0 Å². The van der Waals surface area contributed by atoms with Crippen LogP contribution in [0.1, 0.15) is 426 Å². The van der Waals surface area contributed by atoms with E-state index in [0.29, 0.717) is 90.3 Å². The molecule has 9 nitrogen and oxygen atoms in total. The van der Waals surface area contributed by atoms with Gasteiger partial charge in [-0.15, -0.1) is 0 Å². The summed E-state index contributed by atoms with van der Waals surface area (Å²) in [6.45, 7) is 72.3. The predicted molar refractivity (Wildman–Crippen MR) is 620 cm³/mol. The van der Waals surface area contributed by atoms with Crippen molar-refractivity contribution in [3.63, 3.8) is 0 Å². The molecule has 0 aromatic heterocycles. The predicted octanol–water partition coefficient (Wildman–Crippen LogP) is 39.1. The summed E-state index contributed by atoms with van der Waals surface area (Å²) < 4.78 is 34.7. The van der Waals surface area contributed by atoms with Gasteiger partial charge in [0.25, 0.3) is 0 Å². The zero-order chi connectivity index (χ0) is 107. The van der Waals surface area contributed by atoms with E-state index in [1.54, 1.807) is 36.4 Å². The van der Waals surface area contributed by atoms with Gasteiger partial charge in [-0.3, -0.25) is 0 Å². The van der Waals surface area contributed by atoms with Crippen LogP contribution in [0.3, 0.4) is 0 Å². The zero-order valence-corrected chi connectivity index (χ0v) is 95.3. The zero-order valence-electron chi connectivity index (χ0n) is 95.3. The molecule has 0 fully saturated rings. The van der Waals surface area contributed by atoms with Gasteiger partial charge in [-0.2, -0.15) is 0 Å². The largest absolute Gasteiger partial charge is 0.508 e. The van der Waals surface area contributed by atoms with Crippen LogP contribution in [0.5, 0.6) is 34.5 Å². The highest BCUT2D eigenvalue weighted by Crippen LogP contribution is 2.33. The molecule has 12 unspecified atom stereocenters. The van der Waals surface area contributed by atoms with Crippen LogP contribution in [0.25, 0.3) is 0 Å². The first-order chi connectivity index (χ1) is 68.4. The maximum atomic E-state index is 9.01. The Morgan fingerprint density at radius 1 is 0.229 bits per heavy atom. The fourth-order valence-electron chi connectivity index (χ4n) is 15.2. The molecule has 12 aromatic rings. The molecule has 0 saturated carbocycles. The summed E-state index contributed by atoms with van der Waals surface area (Å²) in [6, 6.07) is 102. The molecule has 0 aliphatic heterocycles. The van der Waals surface area contributed by atoms with Crippen molar-refractivity contribution >= 4 is 0 Å². The van der Waals surface area contributed by atoms with Crippen molar-refractivity contribution in [1.82, 2.24) is 0 Å². The molecule has 3 N–H and O–H groups in total. The molecule has 12 rings (SSSR count). The third kappa shape index (κ3) is 49.9. The Bertz CT molecular complexity index is 4970. The summed E-state index contributed by atoms with van der Waals surface area (Å²) in [5, 5.41) is 27.0. The number of rotatable bonds is 37. The van der Waals surface area contributed by atoms with Crippen LogP contribution in [0.15, 0.2) is 297 Å². The molecule has 0 bridgehead atoms. The van der Waals surface area contributed by atoms with Gasteiger partial charge >= 0.3 is 0 Å². The summed E-state index contributed by atoms with van der Waals surface area (Å²) in [4.78, 5) is 0. The van der Waals surface area contributed by atoms with Crippen LogP contribution in [0.2, 0.25) is 0 Å². The Balaban J connectivity index is 0.000000343. The first kappa shape index (κ1) is 126. The topological polar surface area (TPSA) is 116 Å². The second-order valence-corrected chi connectivity index (χ2v) is 42.6. The van der Waals surface area contributed by atoms with Crippen molar-refractivity contribution in [2.24, 2.45) is 0 Å². The number of hydrogen-bond donors (Lipinski definition) is 3. The van der Waals surface area contributed by atoms with Gasteiger partial charge in [0, 0.05) is 0 Å². The fraction of sp³-hybridized carbons (Fsp3) is 0.467. The third-order valence-electron chi connectivity index (χ3n) is 27.8. The minimum atomic E-state index is -0.268. The fourth-order valence-corrected chi connectivity index (χ4v) is 15.2. The third-order valence-corrected chi connectivity index (χ3v) is 27.8. The average molecular weight is 1960 g/mol. The Morgan fingerprint density at radius 3 is 0.694 bits per heavy atom. The molecule has 786 valence electrons. The van der Waals surface area contributed by atoms with Crippen molar-refractivity contribution in [2.75, 3.05) is 13.2 Å². The van der Waals surface area contributed by atoms with Crippen LogP contribution in [-0.4, -0.2) is 47.4 Å². The number of benzene rings is 12. The molecule has 0 aliphatic carbocycles. The maximum Gasteiger partial charge on any atom is 0.197 e. The summed E-state index contributed by atoms with van der Waals surface area (Å²) in [5.74, 6) is 9.23. The number of ether oxygens (including phenoxy) is 6. The van der Waals surface area contributed by atoms with E-state index in [-0.39, 0.29) is 35.1 Å². The summed E-state index contributed by atoms with van der Waals surface area (Å²) >= 11 is 0. The van der Waals surface area contributed by atoms with Gasteiger partial charge in [0.1, 0.15) is 34.5 Å². The minimum Gasteiger partial charge on any atom is -0.508 e. The Labute approximate surface area is 877 Å². The van der Waals surface area contributed by atoms with E-state index in [1.165, 1.54) is 108 Å². The normalized spacial score (nSPS) is 13.6. The van der Waals surface area contributed by atoms with Crippen LogP contribution in [0, 0.1) is 13.8 Å². The van der Waals surface area contributed by atoms with Crippen LogP contribution < -0.4 is 14.2 Å². The second kappa shape index (κ2) is 67.9. The van der Waals surface area contributed by atoms with E-state index in [1.807, 2.05) is 99.6 Å². The van der Waals surface area contributed by atoms with Gasteiger partial charge in [0.2, 0.25) is 0 Å². The number of phenols is 3. The summed E-state index contributed by atoms with van der Waals surface area (Å²) in [6.07, 6.45) is 13.9. The Kier molecular flexibility index (Phi) is 59.2. The lowest BCUT2D eigenvalue weighted by Gasteiger charge is -2.20. The first-order valence-electron chi connectivity index (χ1n) is 54.4. The number of phenolic OH excluding ortho intramolecular Hbond substituents is 3. The number of hydrogen-bond acceptors (Lipinski definition) is 9. The molecule has 0 aliphatic rings. The molecule has 144 heavy (non-hydrogen) atoms. The number of aromatic hydroxyl groups is 3. The molecule has 0 radical (unpaired) electrons. The van der Waals surface area contributed by atoms with E-state index >= 15 is 0 Å². The Hall–Kier alpha value is -10.7. The average Bonchev–Trinajstić information content (AvgIpc) is 0.849. The van der Waals surface area contributed by atoms with Gasteiger partial charge in [0.05, 0.1) is 19.8 Å². The van der Waals surface area contributed by atoms with Crippen LogP contribution in [-0.2, 0) is 49.9 Å². The standard InChI is InChI=1S/C22H30O2.C21H28O2.C20H26O2.3C14H22.3C10H14O/c1-5-17(2)21-12-14-22(15-13-21)24-19(4)23-16-8-11-20-10-7-6-9-18(20)3;1-4-17(2)20-12-14-21(15-13-20)23-18(3)22-16-8-11-19-9-6-5-7-10-19;1-5-16(3)19-10-12-20(13-11-19)22-17(4)21-14-18-8-6-15(2)7-9-18;3*1-6-11(2)12-7-9-13(10-8-12)14(3,4)5;3*1-3-8(2)9-4-6-10(11)7-5-9/h6-7,9-10,12-15,17,19H,5,8,11,16H2,1-4H3;5-7,9-10,12-15,17-18H,4,8,11,16H2,1-3H3;6-13,16-17H,5,14H2,1-4H3;3*7-11H,6H2,1-5H3;3*4-8,11H,3H2,1-2H3. The monoisotopic (exact) mass is 1960 g/mol. The highest BCUT2D eigenvalue weighted by molar-refractivity contribution is 5.37. The molecule has 0 heterocycles. The molecular weight excluding hydrogens is 1770 g/mol. The van der Waals surface area contributed by atoms with Gasteiger partial charge in [-0.25, -0.2) is 0 Å². The lowest BCUT2D eigenvalue weighted by Crippen LogP contribution is -2.17. The van der Waals surface area contributed by atoms with Crippen molar-refractivity contribution in [1.29, 1.82) is 0 Å². The summed E-state index contributed by atoms with van der Waals surface area (Å²) in [5.41, 5.74) is 23.9. The SMILES string of the molecule is CCC(C)c1ccc(C(C)(C)C)cc1.CCC(C)c1ccc(C(C)(C)C)cc1.CCC(C)c1ccc(C(C)(C)C)cc1.CCC(C)c1ccc(O)cc1.CCC(C)c1ccc(O)cc1.CCC(C)c1ccc(O)cc1.CCC(C)c1ccc(OC(C)OCCCc2ccccc2)cc1.CCC(C)c1ccc(OC(C)OCCCc2ccccc2C)cc1.CCC(C)c1ccc(OC(C)OCc2ccc(C)cc2)cc1. The van der Waals surface area contributed by atoms with Crippen molar-refractivity contribution in [2.45, 2.75) is 400 Å². The van der Waals surface area contributed by atoms with Crippen LogP contribution in [0.4, 0.5) is 0 Å². The molecule has 12 aromatic carbocycles. The molecule has 9 heteroatoms. The first-order valence-corrected chi connectivity index (χ1v) is 54.4. The molecular formula is C135H192O9. The van der Waals surface area contributed by atoms with Gasteiger partial charge < -0.3 is 43.7 Å². The Morgan fingerprint density at radius 2 is 0.451 bits per heavy atom. The number of aryl methyl sites for hydroxylation is 4. The second-order valence-electron chi connectivity index (χ2n) is 42.6. The van der Waals surface area contributed by atoms with Crippen molar-refractivity contribution < 1.29 is 43.7 Å².